The van der Waals surface area contributed by atoms with Crippen molar-refractivity contribution in [2.24, 2.45) is 0 Å². The van der Waals surface area contributed by atoms with Crippen LogP contribution in [0.1, 0.15) is 115 Å². The molecule has 0 aliphatic rings. The van der Waals surface area contributed by atoms with Crippen LogP contribution in [0.3, 0.4) is 0 Å². The molecule has 0 saturated carbocycles. The van der Waals surface area contributed by atoms with Gasteiger partial charge in [0.1, 0.15) is 11.5 Å². The van der Waals surface area contributed by atoms with Crippen molar-refractivity contribution in [1.82, 2.24) is 0 Å². The Morgan fingerprint density at radius 1 is 0.667 bits per heavy atom. The lowest BCUT2D eigenvalue weighted by Crippen LogP contribution is -2.07. The number of hydrogen-bond acceptors (Lipinski definition) is 4. The molecule has 0 fully saturated rings. The Hall–Kier alpha value is -1.84. The molecule has 0 bridgehead atoms. The number of benzene rings is 1. The van der Waals surface area contributed by atoms with E-state index in [4.69, 9.17) is 9.47 Å². The molecular weight excluding hydrogens is 376 g/mol. The van der Waals surface area contributed by atoms with E-state index in [1.807, 2.05) is 12.1 Å². The summed E-state index contributed by atoms with van der Waals surface area (Å²) in [6.07, 6.45) is 18.1. The molecule has 0 spiro atoms. The smallest absolute Gasteiger partial charge is 0.308 e. The Morgan fingerprint density at radius 2 is 1.03 bits per heavy atom. The van der Waals surface area contributed by atoms with Crippen molar-refractivity contribution >= 4 is 11.9 Å². The molecule has 1 rings (SSSR count). The van der Waals surface area contributed by atoms with Crippen LogP contribution in [-0.2, 0) is 16.0 Å². The summed E-state index contributed by atoms with van der Waals surface area (Å²) in [7, 11) is 0. The molecule has 0 aliphatic heterocycles. The molecule has 0 radical (unpaired) electrons. The molecule has 0 amide bonds. The van der Waals surface area contributed by atoms with Crippen molar-refractivity contribution in [2.45, 2.75) is 118 Å². The Kier molecular flexibility index (Phi) is 13.9. The van der Waals surface area contributed by atoms with Crippen LogP contribution >= 0.6 is 0 Å². The van der Waals surface area contributed by atoms with Crippen LogP contribution in [0.25, 0.3) is 0 Å². The van der Waals surface area contributed by atoms with Crippen molar-refractivity contribution in [3.8, 4) is 11.5 Å². The van der Waals surface area contributed by atoms with E-state index < -0.39 is 0 Å². The van der Waals surface area contributed by atoms with E-state index >= 15 is 0 Å². The van der Waals surface area contributed by atoms with Gasteiger partial charge >= 0.3 is 11.9 Å². The summed E-state index contributed by atoms with van der Waals surface area (Å²) in [5.41, 5.74) is 1.71. The minimum Gasteiger partial charge on any atom is -0.426 e. The van der Waals surface area contributed by atoms with Gasteiger partial charge in [-0.05, 0) is 37.5 Å². The minimum atomic E-state index is -0.370. The number of unbranched alkanes of at least 4 members (excludes halogenated alkanes) is 12. The average molecular weight is 419 g/mol. The van der Waals surface area contributed by atoms with E-state index in [-0.39, 0.29) is 11.9 Å². The molecule has 30 heavy (non-hydrogen) atoms. The summed E-state index contributed by atoms with van der Waals surface area (Å²) in [6.45, 7) is 6.82. The molecule has 4 heteroatoms. The molecule has 0 saturated heterocycles. The van der Waals surface area contributed by atoms with Gasteiger partial charge in [0.05, 0.1) is 0 Å². The fourth-order valence-corrected chi connectivity index (χ4v) is 3.73. The fraction of sp³-hybridized carbons (Fsp3) is 0.692. The lowest BCUT2D eigenvalue weighted by molar-refractivity contribution is -0.132. The molecule has 0 aromatic heterocycles. The van der Waals surface area contributed by atoms with Crippen LogP contribution in [-0.4, -0.2) is 11.9 Å². The van der Waals surface area contributed by atoms with E-state index in [9.17, 15) is 9.59 Å². The first-order valence-corrected chi connectivity index (χ1v) is 11.9. The number of carbonyl (C=O) groups is 2. The summed E-state index contributed by atoms with van der Waals surface area (Å²) in [5.74, 6) is 0.215. The second kappa shape index (κ2) is 15.9. The zero-order valence-corrected chi connectivity index (χ0v) is 19.7. The number of rotatable bonds is 16. The van der Waals surface area contributed by atoms with Gasteiger partial charge in [-0.25, -0.2) is 0 Å². The Labute approximate surface area is 183 Å². The molecule has 0 heterocycles. The Bertz CT molecular complexity index is 599. The normalized spacial score (nSPS) is 10.8. The third kappa shape index (κ3) is 12.0. The van der Waals surface area contributed by atoms with Gasteiger partial charge in [0, 0.05) is 19.4 Å². The van der Waals surface area contributed by atoms with Gasteiger partial charge in [0.2, 0.25) is 0 Å². The molecule has 0 atom stereocenters. The Balaban J connectivity index is 2.27. The third-order valence-corrected chi connectivity index (χ3v) is 5.45. The molecule has 1 aromatic carbocycles. The maximum absolute atomic E-state index is 11.4. The van der Waals surface area contributed by atoms with Crippen molar-refractivity contribution in [2.75, 3.05) is 0 Å². The van der Waals surface area contributed by atoms with Crippen molar-refractivity contribution in [3.05, 3.63) is 23.3 Å². The largest absolute Gasteiger partial charge is 0.426 e. The van der Waals surface area contributed by atoms with Crippen LogP contribution in [0.5, 0.6) is 11.5 Å². The second-order valence-electron chi connectivity index (χ2n) is 8.40. The van der Waals surface area contributed by atoms with Crippen molar-refractivity contribution < 1.29 is 19.1 Å². The van der Waals surface area contributed by atoms with Gasteiger partial charge in [0.25, 0.3) is 0 Å². The highest BCUT2D eigenvalue weighted by Gasteiger charge is 2.13. The molecule has 4 nitrogen and oxygen atoms in total. The highest BCUT2D eigenvalue weighted by atomic mass is 16.5. The van der Waals surface area contributed by atoms with E-state index in [2.05, 4.69) is 6.92 Å². The molecule has 0 unspecified atom stereocenters. The molecule has 1 aromatic rings. The summed E-state index contributed by atoms with van der Waals surface area (Å²) >= 11 is 0. The van der Waals surface area contributed by atoms with Crippen LogP contribution in [0.4, 0.5) is 0 Å². The highest BCUT2D eigenvalue weighted by Crippen LogP contribution is 2.31. The first-order chi connectivity index (χ1) is 14.4. The lowest BCUT2D eigenvalue weighted by Gasteiger charge is -2.13. The predicted octanol–water partition coefficient (Wildman–Crippen LogP) is 7.48. The monoisotopic (exact) mass is 418 g/mol. The molecule has 170 valence electrons. The number of ether oxygens (including phenoxy) is 2. The third-order valence-electron chi connectivity index (χ3n) is 5.45. The van der Waals surface area contributed by atoms with E-state index in [1.54, 1.807) is 6.92 Å². The van der Waals surface area contributed by atoms with Gasteiger partial charge in [0.15, 0.2) is 0 Å². The first-order valence-electron chi connectivity index (χ1n) is 11.9. The summed E-state index contributed by atoms with van der Waals surface area (Å²) in [4.78, 5) is 22.7. The van der Waals surface area contributed by atoms with Gasteiger partial charge < -0.3 is 9.47 Å². The van der Waals surface area contributed by atoms with Crippen molar-refractivity contribution in [3.63, 3.8) is 0 Å². The molecule has 0 N–H and O–H groups in total. The predicted molar refractivity (Wildman–Crippen MR) is 123 cm³/mol. The number of hydrogen-bond donors (Lipinski definition) is 0. The average Bonchev–Trinajstić information content (AvgIpc) is 2.68. The quantitative estimate of drug-likeness (QED) is 0.159. The van der Waals surface area contributed by atoms with Crippen molar-refractivity contribution in [1.29, 1.82) is 0 Å². The van der Waals surface area contributed by atoms with Crippen LogP contribution in [0, 0.1) is 6.92 Å². The van der Waals surface area contributed by atoms with Gasteiger partial charge in [-0.3, -0.25) is 9.59 Å². The Morgan fingerprint density at radius 3 is 1.40 bits per heavy atom. The maximum Gasteiger partial charge on any atom is 0.308 e. The van der Waals surface area contributed by atoms with Gasteiger partial charge in [-0.2, -0.15) is 0 Å². The SMILES string of the molecule is CCCCCCCCCCCCCCCc1cc(OC(C)=O)c(C)c(OC(C)=O)c1. The number of carbonyl (C=O) groups excluding carboxylic acids is 2. The standard InChI is InChI=1S/C26H42O4/c1-5-6-7-8-9-10-11-12-13-14-15-16-17-18-24-19-25(29-22(3)27)21(2)26(20-24)30-23(4)28/h19-20H,5-18H2,1-4H3. The van der Waals surface area contributed by atoms with E-state index in [0.717, 1.165) is 18.4 Å². The zero-order chi connectivity index (χ0) is 22.2. The summed E-state index contributed by atoms with van der Waals surface area (Å²) in [5, 5.41) is 0. The highest BCUT2D eigenvalue weighted by molar-refractivity contribution is 5.72. The maximum atomic E-state index is 11.4. The number of aryl methyl sites for hydroxylation is 1. The van der Waals surface area contributed by atoms with Gasteiger partial charge in [-0.1, -0.05) is 84.0 Å². The fourth-order valence-electron chi connectivity index (χ4n) is 3.73. The summed E-state index contributed by atoms with van der Waals surface area (Å²) in [6, 6.07) is 3.79. The van der Waals surface area contributed by atoms with Gasteiger partial charge in [-0.15, -0.1) is 0 Å². The molecule has 0 aliphatic carbocycles. The molecular formula is C26H42O4. The van der Waals surface area contributed by atoms with E-state index in [1.165, 1.54) is 90.9 Å². The van der Waals surface area contributed by atoms with E-state index in [0.29, 0.717) is 17.1 Å². The first kappa shape index (κ1) is 26.2. The summed E-state index contributed by atoms with van der Waals surface area (Å²) < 4.78 is 10.6. The zero-order valence-electron chi connectivity index (χ0n) is 19.7. The van der Waals surface area contributed by atoms with Crippen LogP contribution in [0.15, 0.2) is 12.1 Å². The topological polar surface area (TPSA) is 52.6 Å². The minimum absolute atomic E-state index is 0.370. The lowest BCUT2D eigenvalue weighted by atomic mass is 10.0. The number of esters is 2. The second-order valence-corrected chi connectivity index (χ2v) is 8.40. The van der Waals surface area contributed by atoms with Crippen LogP contribution in [0.2, 0.25) is 0 Å². The van der Waals surface area contributed by atoms with Crippen LogP contribution < -0.4 is 9.47 Å².